The van der Waals surface area contributed by atoms with Crippen molar-refractivity contribution in [3.63, 3.8) is 0 Å². The Hall–Kier alpha value is -2.08. The predicted octanol–water partition coefficient (Wildman–Crippen LogP) is -0.627. The molecular formula is C16H22N6O4S. The Bertz CT molecular complexity index is 945. The number of aromatic nitrogens is 3. The van der Waals surface area contributed by atoms with E-state index in [1.165, 1.54) is 13.2 Å². The Morgan fingerprint density at radius 1 is 1.07 bits per heavy atom. The van der Waals surface area contributed by atoms with E-state index in [1.807, 2.05) is 0 Å². The molecule has 0 N–H and O–H groups in total. The number of ether oxygens (including phenoxy) is 1. The van der Waals surface area contributed by atoms with E-state index in [9.17, 15) is 13.2 Å². The fraction of sp³-hybridized carbons (Fsp3) is 0.562. The van der Waals surface area contributed by atoms with Gasteiger partial charge in [-0.25, -0.2) is 0 Å². The minimum Gasteiger partial charge on any atom is -0.379 e. The summed E-state index contributed by atoms with van der Waals surface area (Å²) in [5, 5.41) is 8.40. The maximum atomic E-state index is 13.0. The summed E-state index contributed by atoms with van der Waals surface area (Å²) in [5.74, 6) is -0.140. The number of morpholine rings is 1. The first-order valence-electron chi connectivity index (χ1n) is 8.91. The van der Waals surface area contributed by atoms with Gasteiger partial charge in [0.25, 0.3) is 16.1 Å². The van der Waals surface area contributed by atoms with Gasteiger partial charge >= 0.3 is 0 Å². The number of nitrogens with zero attached hydrogens (tertiary/aromatic N) is 6. The number of aryl methyl sites for hydroxylation is 1. The molecule has 27 heavy (non-hydrogen) atoms. The van der Waals surface area contributed by atoms with E-state index in [0.717, 1.165) is 0 Å². The van der Waals surface area contributed by atoms with Gasteiger partial charge in [0.05, 0.1) is 24.5 Å². The first-order valence-corrected chi connectivity index (χ1v) is 10.3. The normalized spacial score (nSPS) is 20.3. The molecule has 0 bridgehead atoms. The van der Waals surface area contributed by atoms with Crippen molar-refractivity contribution in [2.45, 2.75) is 6.92 Å². The van der Waals surface area contributed by atoms with Crippen LogP contribution in [0.25, 0.3) is 5.52 Å². The SMILES string of the molecule is Cc1nn2ncccc2c1C(=O)N1CCN(S(=O)(=O)N2CCOCC2)CC1. The summed E-state index contributed by atoms with van der Waals surface area (Å²) in [6.07, 6.45) is 1.61. The monoisotopic (exact) mass is 394 g/mol. The molecule has 4 rings (SSSR count). The van der Waals surface area contributed by atoms with Crippen LogP contribution >= 0.6 is 0 Å². The molecule has 0 unspecified atom stereocenters. The maximum absolute atomic E-state index is 13.0. The second kappa shape index (κ2) is 7.15. The molecule has 2 fully saturated rings. The van der Waals surface area contributed by atoms with Gasteiger partial charge in [0.2, 0.25) is 0 Å². The van der Waals surface area contributed by atoms with E-state index in [1.54, 1.807) is 30.2 Å². The topological polar surface area (TPSA) is 100 Å². The van der Waals surface area contributed by atoms with Gasteiger partial charge in [-0.15, -0.1) is 0 Å². The van der Waals surface area contributed by atoms with Gasteiger partial charge in [0, 0.05) is 45.5 Å². The van der Waals surface area contributed by atoms with Crippen LogP contribution in [-0.2, 0) is 14.9 Å². The molecule has 1 amide bonds. The Kier molecular flexibility index (Phi) is 4.84. The second-order valence-corrected chi connectivity index (χ2v) is 8.50. The van der Waals surface area contributed by atoms with Crippen molar-refractivity contribution >= 4 is 21.6 Å². The highest BCUT2D eigenvalue weighted by Gasteiger charge is 2.35. The van der Waals surface area contributed by atoms with Crippen molar-refractivity contribution in [1.29, 1.82) is 0 Å². The number of rotatable bonds is 3. The lowest BCUT2D eigenvalue weighted by Gasteiger charge is -2.37. The molecule has 0 aliphatic carbocycles. The zero-order valence-corrected chi connectivity index (χ0v) is 15.9. The van der Waals surface area contributed by atoms with Crippen LogP contribution in [0.3, 0.4) is 0 Å². The lowest BCUT2D eigenvalue weighted by atomic mass is 10.1. The average molecular weight is 394 g/mol. The zero-order chi connectivity index (χ0) is 19.0. The summed E-state index contributed by atoms with van der Waals surface area (Å²) in [6.45, 7) is 4.61. The van der Waals surface area contributed by atoms with Gasteiger partial charge in [-0.3, -0.25) is 4.79 Å². The fourth-order valence-electron chi connectivity index (χ4n) is 3.49. The van der Waals surface area contributed by atoms with Crippen molar-refractivity contribution in [2.24, 2.45) is 0 Å². The summed E-state index contributed by atoms with van der Waals surface area (Å²) in [7, 11) is -3.51. The van der Waals surface area contributed by atoms with E-state index >= 15 is 0 Å². The molecule has 4 heterocycles. The third kappa shape index (κ3) is 3.31. The number of carbonyl (C=O) groups excluding carboxylic acids is 1. The lowest BCUT2D eigenvalue weighted by Crippen LogP contribution is -2.55. The number of hydrogen-bond acceptors (Lipinski definition) is 6. The lowest BCUT2D eigenvalue weighted by molar-refractivity contribution is 0.0637. The van der Waals surface area contributed by atoms with Crippen molar-refractivity contribution in [3.8, 4) is 0 Å². The summed E-state index contributed by atoms with van der Waals surface area (Å²) in [5.41, 5.74) is 1.79. The molecule has 0 saturated carbocycles. The minimum atomic E-state index is -3.51. The number of carbonyl (C=O) groups is 1. The van der Waals surface area contributed by atoms with E-state index in [2.05, 4.69) is 10.2 Å². The van der Waals surface area contributed by atoms with E-state index < -0.39 is 10.2 Å². The number of piperazine rings is 1. The van der Waals surface area contributed by atoms with Crippen molar-refractivity contribution in [2.75, 3.05) is 52.5 Å². The maximum Gasteiger partial charge on any atom is 0.282 e. The van der Waals surface area contributed by atoms with Gasteiger partial charge in [0.15, 0.2) is 0 Å². The number of amides is 1. The van der Waals surface area contributed by atoms with E-state index in [4.69, 9.17) is 4.74 Å². The highest BCUT2D eigenvalue weighted by atomic mass is 32.2. The molecule has 11 heteroatoms. The third-order valence-corrected chi connectivity index (χ3v) is 6.99. The molecule has 0 aromatic carbocycles. The molecule has 0 spiro atoms. The Morgan fingerprint density at radius 2 is 1.74 bits per heavy atom. The number of hydrogen-bond donors (Lipinski definition) is 0. The minimum absolute atomic E-state index is 0.140. The predicted molar refractivity (Wildman–Crippen MR) is 96.5 cm³/mol. The molecule has 2 aromatic rings. The van der Waals surface area contributed by atoms with Crippen molar-refractivity contribution < 1.29 is 17.9 Å². The molecule has 2 aliphatic heterocycles. The van der Waals surface area contributed by atoms with Crippen LogP contribution in [0.1, 0.15) is 16.1 Å². The van der Waals surface area contributed by atoms with Gasteiger partial charge in [0.1, 0.15) is 5.52 Å². The highest BCUT2D eigenvalue weighted by Crippen LogP contribution is 2.19. The molecule has 146 valence electrons. The molecule has 2 aromatic heterocycles. The Morgan fingerprint density at radius 3 is 2.44 bits per heavy atom. The van der Waals surface area contributed by atoms with Crippen LogP contribution in [0.5, 0.6) is 0 Å². The Labute approximate surface area is 157 Å². The van der Waals surface area contributed by atoms with E-state index in [-0.39, 0.29) is 19.0 Å². The first kappa shape index (κ1) is 18.3. The summed E-state index contributed by atoms with van der Waals surface area (Å²) < 4.78 is 35.1. The molecule has 2 saturated heterocycles. The van der Waals surface area contributed by atoms with Crippen molar-refractivity contribution in [3.05, 3.63) is 29.6 Å². The molecular weight excluding hydrogens is 372 g/mol. The largest absolute Gasteiger partial charge is 0.379 e. The van der Waals surface area contributed by atoms with Crippen LogP contribution in [0.15, 0.2) is 18.3 Å². The van der Waals surface area contributed by atoms with Gasteiger partial charge < -0.3 is 9.64 Å². The quantitative estimate of drug-likeness (QED) is 0.687. The van der Waals surface area contributed by atoms with Gasteiger partial charge in [-0.05, 0) is 19.1 Å². The Balaban J connectivity index is 1.47. The standard InChI is InChI=1S/C16H22N6O4S/c1-13-15(14-3-2-4-17-22(14)18-13)16(23)19-5-7-20(8-6-19)27(24,25)21-9-11-26-12-10-21/h2-4H,5-12H2,1H3. The van der Waals surface area contributed by atoms with Gasteiger partial charge in [-0.1, -0.05) is 0 Å². The molecule has 2 aliphatic rings. The average Bonchev–Trinajstić information content (AvgIpc) is 3.04. The van der Waals surface area contributed by atoms with Crippen LogP contribution in [0.4, 0.5) is 0 Å². The number of fused-ring (bicyclic) bond motifs is 1. The second-order valence-electron chi connectivity index (χ2n) is 6.57. The molecule has 0 radical (unpaired) electrons. The van der Waals surface area contributed by atoms with Crippen LogP contribution in [-0.4, -0.2) is 95.1 Å². The fourth-order valence-corrected chi connectivity index (χ4v) is 5.05. The van der Waals surface area contributed by atoms with Crippen molar-refractivity contribution in [1.82, 2.24) is 28.3 Å². The summed E-state index contributed by atoms with van der Waals surface area (Å²) in [6, 6.07) is 3.57. The van der Waals surface area contributed by atoms with Crippen LogP contribution in [0.2, 0.25) is 0 Å². The summed E-state index contributed by atoms with van der Waals surface area (Å²) in [4.78, 5) is 14.7. The third-order valence-electron chi connectivity index (χ3n) is 4.96. The van der Waals surface area contributed by atoms with Crippen LogP contribution < -0.4 is 0 Å². The first-order chi connectivity index (χ1) is 13.0. The molecule has 0 atom stereocenters. The van der Waals surface area contributed by atoms with Gasteiger partial charge in [-0.2, -0.15) is 31.9 Å². The highest BCUT2D eigenvalue weighted by molar-refractivity contribution is 7.86. The smallest absolute Gasteiger partial charge is 0.282 e. The van der Waals surface area contributed by atoms with Crippen LogP contribution in [0, 0.1) is 6.92 Å². The van der Waals surface area contributed by atoms with E-state index in [0.29, 0.717) is 56.2 Å². The zero-order valence-electron chi connectivity index (χ0n) is 15.1. The molecule has 10 nitrogen and oxygen atoms in total. The summed E-state index contributed by atoms with van der Waals surface area (Å²) >= 11 is 0.